The lowest BCUT2D eigenvalue weighted by Crippen LogP contribution is -2.12. The smallest absolute Gasteiger partial charge is 0.311 e. The van der Waals surface area contributed by atoms with Crippen LogP contribution in [-0.4, -0.2) is 12.6 Å². The lowest BCUT2D eigenvalue weighted by Gasteiger charge is -2.05. The van der Waals surface area contributed by atoms with Gasteiger partial charge < -0.3 is 9.47 Å². The summed E-state index contributed by atoms with van der Waals surface area (Å²) >= 11 is 0. The summed E-state index contributed by atoms with van der Waals surface area (Å²) in [4.78, 5) is 24.4. The van der Waals surface area contributed by atoms with E-state index in [0.717, 1.165) is 31.4 Å². The van der Waals surface area contributed by atoms with Crippen LogP contribution in [0.1, 0.15) is 90.9 Å². The molecule has 0 fully saturated rings. The summed E-state index contributed by atoms with van der Waals surface area (Å²) in [7, 11) is 0. The van der Waals surface area contributed by atoms with E-state index in [2.05, 4.69) is 24.1 Å². The first-order valence-corrected chi connectivity index (χ1v) is 13.1. The minimum atomic E-state index is -0.377. The number of carbonyl (C=O) groups is 1. The Morgan fingerprint density at radius 1 is 0.686 bits per heavy atom. The summed E-state index contributed by atoms with van der Waals surface area (Å²) in [6.07, 6.45) is 12.8. The van der Waals surface area contributed by atoms with Gasteiger partial charge in [-0.25, -0.2) is 0 Å². The van der Waals surface area contributed by atoms with Gasteiger partial charge in [-0.2, -0.15) is 10.2 Å². The first-order chi connectivity index (χ1) is 17.1. The van der Waals surface area contributed by atoms with E-state index in [1.807, 2.05) is 24.3 Å². The molecule has 6 nitrogen and oxygen atoms in total. The number of nitrogens with zero attached hydrogens (tertiary/aromatic N) is 2. The Labute approximate surface area is 209 Å². The van der Waals surface area contributed by atoms with Gasteiger partial charge in [-0.3, -0.25) is 9.59 Å². The minimum Gasteiger partial charge on any atom is -0.494 e. The average Bonchev–Trinajstić information content (AvgIpc) is 3.04. The summed E-state index contributed by atoms with van der Waals surface area (Å²) in [5.41, 5.74) is 0.811. The molecule has 0 saturated heterocycles. The number of azo groups is 1. The number of unbranched alkanes of at least 4 members (excludes halogenated alkanes) is 9. The van der Waals surface area contributed by atoms with Crippen molar-refractivity contribution in [1.29, 1.82) is 0 Å². The molecule has 0 saturated carbocycles. The molecular formula is C29H40N2O4. The number of rotatable bonds is 17. The van der Waals surface area contributed by atoms with Crippen LogP contribution in [0.2, 0.25) is 0 Å². The normalized spacial score (nSPS) is 11.0. The topological polar surface area (TPSA) is 77.3 Å². The van der Waals surface area contributed by atoms with E-state index in [-0.39, 0.29) is 17.1 Å². The number of esters is 1. The van der Waals surface area contributed by atoms with Crippen LogP contribution in [0.5, 0.6) is 11.5 Å². The van der Waals surface area contributed by atoms with Gasteiger partial charge in [0.2, 0.25) is 5.43 Å². The predicted molar refractivity (Wildman–Crippen MR) is 141 cm³/mol. The van der Waals surface area contributed by atoms with E-state index in [1.54, 1.807) is 12.1 Å². The highest BCUT2D eigenvalue weighted by Crippen LogP contribution is 2.21. The minimum absolute atomic E-state index is 0.0137. The maximum absolute atomic E-state index is 12.3. The van der Waals surface area contributed by atoms with Crippen LogP contribution in [0.3, 0.4) is 0 Å². The Hall–Kier alpha value is -3.02. The Morgan fingerprint density at radius 2 is 1.23 bits per heavy atom. The third kappa shape index (κ3) is 12.3. The summed E-state index contributed by atoms with van der Waals surface area (Å²) < 4.78 is 11.0. The van der Waals surface area contributed by atoms with Crippen molar-refractivity contribution in [3.63, 3.8) is 0 Å². The number of hydrogen-bond donors (Lipinski definition) is 0. The zero-order chi connectivity index (χ0) is 25.1. The molecule has 0 aliphatic carbocycles. The largest absolute Gasteiger partial charge is 0.494 e. The molecule has 0 amide bonds. The first kappa shape index (κ1) is 28.2. The summed E-state index contributed by atoms with van der Waals surface area (Å²) in [5.74, 6) is 0.447. The molecule has 0 radical (unpaired) electrons. The molecule has 0 bridgehead atoms. The molecule has 6 heteroatoms. The third-order valence-corrected chi connectivity index (χ3v) is 5.65. The van der Waals surface area contributed by atoms with Crippen LogP contribution in [-0.2, 0) is 4.79 Å². The number of carbonyl (C=O) groups excluding carboxylic acids is 1. The van der Waals surface area contributed by atoms with Gasteiger partial charge in [-0.05, 0) is 61.4 Å². The van der Waals surface area contributed by atoms with Crippen molar-refractivity contribution in [2.45, 2.75) is 90.9 Å². The van der Waals surface area contributed by atoms with Crippen molar-refractivity contribution in [2.24, 2.45) is 10.2 Å². The quantitative estimate of drug-likeness (QED) is 0.129. The molecule has 35 heavy (non-hydrogen) atoms. The molecule has 0 aliphatic rings. The van der Waals surface area contributed by atoms with Crippen LogP contribution < -0.4 is 14.9 Å². The molecule has 2 aromatic rings. The molecule has 0 aromatic heterocycles. The second kappa shape index (κ2) is 17.4. The number of benzene rings is 1. The second-order valence-electron chi connectivity index (χ2n) is 8.77. The van der Waals surface area contributed by atoms with Crippen LogP contribution in [0.4, 0.5) is 11.4 Å². The maximum Gasteiger partial charge on any atom is 0.311 e. The molecule has 2 aromatic carbocycles. The van der Waals surface area contributed by atoms with E-state index in [0.29, 0.717) is 24.4 Å². The molecule has 190 valence electrons. The van der Waals surface area contributed by atoms with Crippen molar-refractivity contribution >= 4 is 17.3 Å². The molecule has 0 atom stereocenters. The SMILES string of the molecule is CCCCCCCCCC(=O)Oc1ccc(N=Nc2ccc(OCCCCCC)cc2)ccc1=O. The van der Waals surface area contributed by atoms with Crippen LogP contribution in [0.25, 0.3) is 0 Å². The molecule has 0 aliphatic heterocycles. The van der Waals surface area contributed by atoms with Crippen molar-refractivity contribution in [3.8, 4) is 11.5 Å². The van der Waals surface area contributed by atoms with Gasteiger partial charge in [0.05, 0.1) is 18.0 Å². The Kier molecular flexibility index (Phi) is 14.0. The lowest BCUT2D eigenvalue weighted by atomic mass is 10.1. The van der Waals surface area contributed by atoms with Gasteiger partial charge in [-0.15, -0.1) is 0 Å². The highest BCUT2D eigenvalue weighted by molar-refractivity contribution is 5.72. The molecule has 0 heterocycles. The summed E-state index contributed by atoms with van der Waals surface area (Å²) in [6, 6.07) is 13.4. The third-order valence-electron chi connectivity index (χ3n) is 5.65. The molecule has 0 N–H and O–H groups in total. The Bertz CT molecular complexity index is 957. The van der Waals surface area contributed by atoms with Crippen molar-refractivity contribution in [3.05, 3.63) is 58.8 Å². The van der Waals surface area contributed by atoms with E-state index < -0.39 is 0 Å². The number of hydrogen-bond acceptors (Lipinski definition) is 6. The van der Waals surface area contributed by atoms with Gasteiger partial charge in [0.1, 0.15) is 5.75 Å². The van der Waals surface area contributed by atoms with E-state index in [4.69, 9.17) is 9.47 Å². The van der Waals surface area contributed by atoms with Crippen LogP contribution in [0, 0.1) is 0 Å². The highest BCUT2D eigenvalue weighted by Gasteiger charge is 2.07. The van der Waals surface area contributed by atoms with Crippen molar-refractivity contribution < 1.29 is 14.3 Å². The van der Waals surface area contributed by atoms with E-state index >= 15 is 0 Å². The van der Waals surface area contributed by atoms with Crippen molar-refractivity contribution in [2.75, 3.05) is 6.61 Å². The van der Waals surface area contributed by atoms with Crippen LogP contribution >= 0.6 is 0 Å². The molecule has 0 unspecified atom stereocenters. The zero-order valence-electron chi connectivity index (χ0n) is 21.3. The van der Waals surface area contributed by atoms with Crippen molar-refractivity contribution in [1.82, 2.24) is 0 Å². The van der Waals surface area contributed by atoms with Gasteiger partial charge in [0.25, 0.3) is 0 Å². The molecule has 0 spiro atoms. The highest BCUT2D eigenvalue weighted by atomic mass is 16.5. The Morgan fingerprint density at radius 3 is 1.89 bits per heavy atom. The second-order valence-corrected chi connectivity index (χ2v) is 8.77. The zero-order valence-corrected chi connectivity index (χ0v) is 21.3. The Balaban J connectivity index is 1.81. The van der Waals surface area contributed by atoms with Gasteiger partial charge in [0.15, 0.2) is 5.75 Å². The number of ether oxygens (including phenoxy) is 2. The first-order valence-electron chi connectivity index (χ1n) is 13.1. The van der Waals surface area contributed by atoms with E-state index in [9.17, 15) is 9.59 Å². The summed E-state index contributed by atoms with van der Waals surface area (Å²) in [5, 5.41) is 8.42. The standard InChI is InChI=1S/C29H40N2O4/c1-3-5-7-9-10-11-12-14-29(33)35-28-22-18-25(17-21-27(28)32)31-30-24-15-19-26(20-16-24)34-23-13-8-6-4-2/h15-22H,3-14,23H2,1-2H3. The molecule has 2 rings (SSSR count). The maximum atomic E-state index is 12.3. The average molecular weight is 481 g/mol. The fourth-order valence-corrected chi connectivity index (χ4v) is 3.54. The van der Waals surface area contributed by atoms with Gasteiger partial charge >= 0.3 is 5.97 Å². The van der Waals surface area contributed by atoms with Crippen LogP contribution in [0.15, 0.2) is 63.6 Å². The van der Waals surface area contributed by atoms with Gasteiger partial charge in [-0.1, -0.05) is 71.6 Å². The predicted octanol–water partition coefficient (Wildman–Crippen LogP) is 8.47. The lowest BCUT2D eigenvalue weighted by molar-refractivity contribution is -0.134. The fraction of sp³-hybridized carbons (Fsp3) is 0.517. The van der Waals surface area contributed by atoms with E-state index in [1.165, 1.54) is 57.1 Å². The summed E-state index contributed by atoms with van der Waals surface area (Å²) in [6.45, 7) is 5.10. The molecular weight excluding hydrogens is 440 g/mol. The monoisotopic (exact) mass is 480 g/mol. The fourth-order valence-electron chi connectivity index (χ4n) is 3.54. The van der Waals surface area contributed by atoms with Gasteiger partial charge in [0, 0.05) is 6.42 Å².